The smallest absolute Gasteiger partial charge is 0.292 e. The van der Waals surface area contributed by atoms with Gasteiger partial charge in [0.1, 0.15) is 22.7 Å². The van der Waals surface area contributed by atoms with E-state index in [4.69, 9.17) is 14.1 Å². The van der Waals surface area contributed by atoms with E-state index in [2.05, 4.69) is 110 Å². The van der Waals surface area contributed by atoms with Crippen molar-refractivity contribution >= 4 is 46.5 Å². The van der Waals surface area contributed by atoms with Gasteiger partial charge in [0, 0.05) is 28.6 Å². The molecule has 0 N–H and O–H groups in total. The fraction of sp³-hybridized carbons (Fsp3) is 0.167. The summed E-state index contributed by atoms with van der Waals surface area (Å²) in [5.41, 5.74) is 6.25. The number of fused-ring (bicyclic) bond motifs is 4. The average molecular weight is 568 g/mol. The number of benzene rings is 4. The molecule has 208 valence electrons. The zero-order valence-electron chi connectivity index (χ0n) is 24.6. The second-order valence-corrected chi connectivity index (χ2v) is 16.4. The maximum atomic E-state index is 6.35. The first-order chi connectivity index (χ1) is 20.2. The van der Waals surface area contributed by atoms with Crippen LogP contribution in [0.5, 0.6) is 11.5 Å². The van der Waals surface area contributed by atoms with Crippen molar-refractivity contribution in [2.75, 3.05) is 0 Å². The molecule has 0 spiro atoms. The van der Waals surface area contributed by atoms with Crippen LogP contribution in [0.15, 0.2) is 114 Å². The van der Waals surface area contributed by atoms with Crippen LogP contribution in [0.1, 0.15) is 26.3 Å². The number of hydrogen-bond acceptors (Lipinski definition) is 3. The molecule has 0 aliphatic carbocycles. The second kappa shape index (κ2) is 9.71. The Balaban J connectivity index is 1.27. The topological polar surface area (TPSA) is 44.1 Å². The first-order valence-electron chi connectivity index (χ1n) is 14.3. The van der Waals surface area contributed by atoms with Gasteiger partial charge in [-0.3, -0.25) is 4.98 Å². The minimum absolute atomic E-state index is 0.0555. The number of imidazole rings is 1. The van der Waals surface area contributed by atoms with Gasteiger partial charge in [-0.25, -0.2) is 0 Å². The molecule has 42 heavy (non-hydrogen) atoms. The molecule has 6 heteroatoms. The number of para-hydroxylation sites is 3. The van der Waals surface area contributed by atoms with E-state index in [1.807, 2.05) is 48.7 Å². The van der Waals surface area contributed by atoms with Gasteiger partial charge in [0.2, 0.25) is 6.33 Å². The third-order valence-corrected chi connectivity index (χ3v) is 11.0. The summed E-state index contributed by atoms with van der Waals surface area (Å²) < 4.78 is 16.9. The van der Waals surface area contributed by atoms with Crippen LogP contribution < -0.4 is 14.3 Å². The second-order valence-electron chi connectivity index (χ2n) is 12.4. The lowest BCUT2D eigenvalue weighted by atomic mass is 9.88. The van der Waals surface area contributed by atoms with Gasteiger partial charge in [0.25, 0.3) is 8.24 Å². The molecule has 0 aliphatic rings. The van der Waals surface area contributed by atoms with Crippen molar-refractivity contribution in [3.05, 3.63) is 121 Å². The summed E-state index contributed by atoms with van der Waals surface area (Å²) in [7, 11) is -2.27. The molecular weight excluding hydrogens is 535 g/mol. The molecule has 0 saturated heterocycles. The summed E-state index contributed by atoms with van der Waals surface area (Å²) in [4.78, 5) is 4.87. The molecule has 5 nitrogen and oxygen atoms in total. The molecule has 0 amide bonds. The number of pyridine rings is 1. The average Bonchev–Trinajstić information content (AvgIpc) is 3.56. The fourth-order valence-electron chi connectivity index (χ4n) is 5.61. The SMILES string of the molecule is CC(C)(C)c1ccnc([Si](C)(C)[n+]2[c-]n(-c3cccc(Oc4ccc5c(c4)oc4ccccc45)c3)c3ccccc32)c1. The Hall–Kier alpha value is -4.68. The molecule has 4 aromatic carbocycles. The van der Waals surface area contributed by atoms with Crippen LogP contribution in [0, 0.1) is 6.33 Å². The maximum Gasteiger partial charge on any atom is 0.292 e. The van der Waals surface area contributed by atoms with Crippen LogP contribution in [-0.2, 0) is 5.41 Å². The van der Waals surface area contributed by atoms with Crippen molar-refractivity contribution in [1.82, 2.24) is 9.55 Å². The predicted octanol–water partition coefficient (Wildman–Crippen LogP) is 8.06. The van der Waals surface area contributed by atoms with E-state index in [0.29, 0.717) is 0 Å². The van der Waals surface area contributed by atoms with Crippen molar-refractivity contribution in [2.45, 2.75) is 39.3 Å². The lowest BCUT2D eigenvalue weighted by Gasteiger charge is -2.24. The van der Waals surface area contributed by atoms with Gasteiger partial charge in [0.05, 0.1) is 16.5 Å². The van der Waals surface area contributed by atoms with Gasteiger partial charge in [-0.05, 0) is 66.5 Å². The Labute approximate surface area is 246 Å². The molecule has 0 aliphatic heterocycles. The lowest BCUT2D eigenvalue weighted by molar-refractivity contribution is -0.519. The van der Waals surface area contributed by atoms with Crippen molar-refractivity contribution in [1.29, 1.82) is 0 Å². The normalized spacial score (nSPS) is 12.4. The van der Waals surface area contributed by atoms with Gasteiger partial charge in [-0.15, -0.1) is 0 Å². The molecule has 3 heterocycles. The van der Waals surface area contributed by atoms with Crippen molar-refractivity contribution < 1.29 is 13.4 Å². The summed E-state index contributed by atoms with van der Waals surface area (Å²) in [6.45, 7) is 11.4. The zero-order chi connectivity index (χ0) is 29.1. The standard InChI is InChI=1S/C36H33N3O2Si/c1-36(2,3)25-19-20-37-35(21-25)42(4,5)39-24-38(31-14-7-8-15-32(31)39)26-11-10-12-27(22-26)40-28-17-18-30-29-13-6-9-16-33(29)41-34(30)23-28/h6-23H,1-5H3. The number of ether oxygens (including phenoxy) is 1. The van der Waals surface area contributed by atoms with E-state index in [-0.39, 0.29) is 5.41 Å². The molecule has 3 aromatic heterocycles. The van der Waals surface area contributed by atoms with Gasteiger partial charge in [-0.2, -0.15) is 0 Å². The molecule has 0 radical (unpaired) electrons. The Bertz CT molecular complexity index is 2100. The highest BCUT2D eigenvalue weighted by Crippen LogP contribution is 2.33. The largest absolute Gasteiger partial charge is 0.458 e. The van der Waals surface area contributed by atoms with Crippen LogP contribution in [-0.4, -0.2) is 17.8 Å². The van der Waals surface area contributed by atoms with E-state index >= 15 is 0 Å². The molecular formula is C36H33N3O2Si. The lowest BCUT2D eigenvalue weighted by Crippen LogP contribution is -2.68. The van der Waals surface area contributed by atoms with Crippen LogP contribution in [0.4, 0.5) is 0 Å². The van der Waals surface area contributed by atoms with E-state index < -0.39 is 8.24 Å². The van der Waals surface area contributed by atoms with Gasteiger partial charge in [-0.1, -0.05) is 75.4 Å². The minimum Gasteiger partial charge on any atom is -0.458 e. The molecule has 0 atom stereocenters. The highest BCUT2D eigenvalue weighted by Gasteiger charge is 2.35. The first-order valence-corrected chi connectivity index (χ1v) is 17.3. The number of nitrogens with zero attached hydrogens (tertiary/aromatic N) is 3. The fourth-order valence-corrected chi connectivity index (χ4v) is 7.88. The van der Waals surface area contributed by atoms with Crippen molar-refractivity contribution in [2.24, 2.45) is 0 Å². The summed E-state index contributed by atoms with van der Waals surface area (Å²) in [6, 6.07) is 35.2. The molecule has 0 bridgehead atoms. The zero-order valence-corrected chi connectivity index (χ0v) is 25.6. The van der Waals surface area contributed by atoms with Gasteiger partial charge in [0.15, 0.2) is 0 Å². The Morgan fingerprint density at radius 2 is 1.55 bits per heavy atom. The molecule has 0 fully saturated rings. The van der Waals surface area contributed by atoms with Crippen LogP contribution in [0.2, 0.25) is 13.1 Å². The first kappa shape index (κ1) is 26.2. The van der Waals surface area contributed by atoms with Crippen LogP contribution >= 0.6 is 0 Å². The third-order valence-electron chi connectivity index (χ3n) is 8.04. The summed E-state index contributed by atoms with van der Waals surface area (Å²) >= 11 is 0. The molecule has 0 unspecified atom stereocenters. The van der Waals surface area contributed by atoms with E-state index in [1.165, 1.54) is 5.56 Å². The summed E-state index contributed by atoms with van der Waals surface area (Å²) in [5.74, 6) is 1.48. The summed E-state index contributed by atoms with van der Waals surface area (Å²) in [6.07, 6.45) is 5.67. The van der Waals surface area contributed by atoms with E-state index in [9.17, 15) is 0 Å². The number of rotatable bonds is 5. The highest BCUT2D eigenvalue weighted by atomic mass is 28.3. The molecule has 0 saturated carbocycles. The summed E-state index contributed by atoms with van der Waals surface area (Å²) in [5, 5.41) is 3.33. The quantitative estimate of drug-likeness (QED) is 0.156. The molecule has 7 rings (SSSR count). The minimum atomic E-state index is -2.27. The van der Waals surface area contributed by atoms with Gasteiger partial charge >= 0.3 is 0 Å². The van der Waals surface area contributed by atoms with Crippen molar-refractivity contribution in [3.8, 4) is 17.2 Å². The number of furan rings is 1. The monoisotopic (exact) mass is 567 g/mol. The van der Waals surface area contributed by atoms with Crippen LogP contribution in [0.25, 0.3) is 38.7 Å². The van der Waals surface area contributed by atoms with Gasteiger partial charge < -0.3 is 18.0 Å². The van der Waals surface area contributed by atoms with Crippen molar-refractivity contribution in [3.63, 3.8) is 0 Å². The third kappa shape index (κ3) is 4.48. The highest BCUT2D eigenvalue weighted by molar-refractivity contribution is 6.82. The number of aromatic nitrogens is 3. The maximum absolute atomic E-state index is 6.35. The molecule has 7 aromatic rings. The Kier molecular flexibility index (Phi) is 6.06. The Morgan fingerprint density at radius 3 is 2.40 bits per heavy atom. The van der Waals surface area contributed by atoms with E-state index in [1.54, 1.807) is 0 Å². The van der Waals surface area contributed by atoms with Crippen LogP contribution in [0.3, 0.4) is 0 Å². The number of hydrogen-bond donors (Lipinski definition) is 0. The Morgan fingerprint density at radius 1 is 0.786 bits per heavy atom. The predicted molar refractivity (Wildman–Crippen MR) is 172 cm³/mol. The van der Waals surface area contributed by atoms with E-state index in [0.717, 1.165) is 55.5 Å².